The number of imide groups is 2. The summed E-state index contributed by atoms with van der Waals surface area (Å²) in [7, 11) is 0. The quantitative estimate of drug-likeness (QED) is 0.254. The van der Waals surface area contributed by atoms with Crippen LogP contribution in [0, 0.1) is 6.92 Å². The standard InChI is InChI=1S/C32H24N2O6/c1-3-18-6-4-5-17(2)28(18)34-31(37)24-13-11-22-26-23(12-14-25(27(24)26)32(34)38)30(36)33(29(22)35)19-7-9-20(10-8-19)39-15-21-16-40-21/h4-14,21H,3,15-16H2,1-2H3. The fourth-order valence-corrected chi connectivity index (χ4v) is 5.68. The molecule has 1 saturated heterocycles. The number of anilines is 2. The number of aryl methyl sites for hydroxylation is 2. The number of ether oxygens (including phenoxy) is 2. The molecule has 0 N–H and O–H groups in total. The first-order chi connectivity index (χ1) is 19.4. The van der Waals surface area contributed by atoms with Crippen molar-refractivity contribution in [2.24, 2.45) is 0 Å². The van der Waals surface area contributed by atoms with Crippen LogP contribution in [-0.4, -0.2) is 42.9 Å². The first kappa shape index (κ1) is 24.2. The summed E-state index contributed by atoms with van der Waals surface area (Å²) in [5.74, 6) is -1.37. The molecule has 4 amide bonds. The van der Waals surface area contributed by atoms with Crippen molar-refractivity contribution in [1.82, 2.24) is 0 Å². The lowest BCUT2D eigenvalue weighted by Gasteiger charge is -2.33. The van der Waals surface area contributed by atoms with Gasteiger partial charge in [-0.05, 0) is 73.0 Å². The van der Waals surface area contributed by atoms with Crippen molar-refractivity contribution in [2.45, 2.75) is 26.4 Å². The molecule has 1 atom stereocenters. The van der Waals surface area contributed by atoms with E-state index in [1.54, 1.807) is 48.5 Å². The van der Waals surface area contributed by atoms with Gasteiger partial charge in [-0.3, -0.25) is 19.2 Å². The molecule has 7 rings (SSSR count). The Morgan fingerprint density at radius 3 is 1.77 bits per heavy atom. The number of hydrogen-bond donors (Lipinski definition) is 0. The van der Waals surface area contributed by atoms with Gasteiger partial charge in [-0.2, -0.15) is 0 Å². The lowest BCUT2D eigenvalue weighted by molar-refractivity contribution is 0.0872. The number of epoxide rings is 1. The Labute approximate surface area is 229 Å². The minimum Gasteiger partial charge on any atom is -0.491 e. The molecule has 198 valence electrons. The van der Waals surface area contributed by atoms with E-state index < -0.39 is 23.6 Å². The molecule has 3 aliphatic heterocycles. The number of para-hydroxylation sites is 1. The predicted octanol–water partition coefficient (Wildman–Crippen LogP) is 5.09. The average molecular weight is 533 g/mol. The smallest absolute Gasteiger partial charge is 0.266 e. The van der Waals surface area contributed by atoms with E-state index in [0.717, 1.165) is 16.0 Å². The van der Waals surface area contributed by atoms with Crippen LogP contribution in [0.2, 0.25) is 0 Å². The summed E-state index contributed by atoms with van der Waals surface area (Å²) < 4.78 is 10.8. The summed E-state index contributed by atoms with van der Waals surface area (Å²) in [5.41, 5.74) is 3.78. The van der Waals surface area contributed by atoms with E-state index in [0.29, 0.717) is 47.5 Å². The minimum atomic E-state index is -0.518. The second kappa shape index (κ2) is 8.86. The Hall–Kier alpha value is -4.82. The highest BCUT2D eigenvalue weighted by Gasteiger charge is 2.41. The summed E-state index contributed by atoms with van der Waals surface area (Å²) in [4.78, 5) is 57.5. The molecule has 1 fully saturated rings. The van der Waals surface area contributed by atoms with Gasteiger partial charge in [0.25, 0.3) is 23.6 Å². The van der Waals surface area contributed by atoms with Crippen molar-refractivity contribution >= 4 is 45.8 Å². The van der Waals surface area contributed by atoms with Crippen molar-refractivity contribution in [3.63, 3.8) is 0 Å². The average Bonchev–Trinajstić information content (AvgIpc) is 3.80. The maximum Gasteiger partial charge on any atom is 0.266 e. The molecule has 8 nitrogen and oxygen atoms in total. The monoisotopic (exact) mass is 532 g/mol. The van der Waals surface area contributed by atoms with Crippen LogP contribution < -0.4 is 14.5 Å². The molecule has 40 heavy (non-hydrogen) atoms. The topological polar surface area (TPSA) is 96.5 Å². The van der Waals surface area contributed by atoms with Crippen molar-refractivity contribution in [3.8, 4) is 5.75 Å². The molecule has 1 unspecified atom stereocenters. The molecular formula is C32H24N2O6. The molecule has 4 aromatic rings. The second-order valence-electron chi connectivity index (χ2n) is 10.2. The van der Waals surface area contributed by atoms with E-state index >= 15 is 0 Å². The van der Waals surface area contributed by atoms with E-state index in [9.17, 15) is 19.2 Å². The van der Waals surface area contributed by atoms with Gasteiger partial charge in [-0.25, -0.2) is 9.80 Å². The molecule has 0 radical (unpaired) electrons. The van der Waals surface area contributed by atoms with Crippen LogP contribution in [0.5, 0.6) is 5.75 Å². The van der Waals surface area contributed by atoms with Crippen LogP contribution in [0.25, 0.3) is 10.8 Å². The minimum absolute atomic E-state index is 0.111. The maximum atomic E-state index is 13.8. The van der Waals surface area contributed by atoms with Crippen LogP contribution in [0.4, 0.5) is 11.4 Å². The van der Waals surface area contributed by atoms with Crippen LogP contribution in [0.1, 0.15) is 59.5 Å². The first-order valence-electron chi connectivity index (χ1n) is 13.2. The summed E-state index contributed by atoms with van der Waals surface area (Å²) in [6, 6.07) is 18.7. The molecule has 0 aromatic heterocycles. The van der Waals surface area contributed by atoms with Gasteiger partial charge in [0.15, 0.2) is 0 Å². The highest BCUT2D eigenvalue weighted by molar-refractivity contribution is 6.42. The third-order valence-electron chi connectivity index (χ3n) is 7.75. The summed E-state index contributed by atoms with van der Waals surface area (Å²) in [5, 5.41) is 0.688. The number of nitrogens with zero attached hydrogens (tertiary/aromatic N) is 2. The Morgan fingerprint density at radius 2 is 1.27 bits per heavy atom. The molecule has 0 spiro atoms. The third-order valence-corrected chi connectivity index (χ3v) is 7.75. The number of amides is 4. The fraction of sp³-hybridized carbons (Fsp3) is 0.188. The fourth-order valence-electron chi connectivity index (χ4n) is 5.68. The number of hydrogen-bond acceptors (Lipinski definition) is 6. The van der Waals surface area contributed by atoms with E-state index in [1.165, 1.54) is 4.90 Å². The SMILES string of the molecule is CCc1cccc(C)c1N1C(=O)c2ccc3c4c(ccc(c24)C1=O)C(=O)N(c1ccc(OCC2CO2)cc1)C3=O. The Kier molecular flexibility index (Phi) is 5.37. The molecule has 3 aliphatic rings. The molecule has 4 aromatic carbocycles. The molecular weight excluding hydrogens is 508 g/mol. The maximum absolute atomic E-state index is 13.8. The van der Waals surface area contributed by atoms with Gasteiger partial charge < -0.3 is 9.47 Å². The van der Waals surface area contributed by atoms with Gasteiger partial charge in [-0.1, -0.05) is 25.1 Å². The van der Waals surface area contributed by atoms with Crippen LogP contribution in [-0.2, 0) is 11.2 Å². The molecule has 0 aliphatic carbocycles. The zero-order valence-corrected chi connectivity index (χ0v) is 21.9. The van der Waals surface area contributed by atoms with Gasteiger partial charge in [0.2, 0.25) is 0 Å². The van der Waals surface area contributed by atoms with E-state index in [2.05, 4.69) is 0 Å². The molecule has 0 bridgehead atoms. The van der Waals surface area contributed by atoms with Gasteiger partial charge in [0, 0.05) is 33.0 Å². The molecule has 0 saturated carbocycles. The van der Waals surface area contributed by atoms with Gasteiger partial charge in [0.05, 0.1) is 18.0 Å². The highest BCUT2D eigenvalue weighted by atomic mass is 16.6. The summed E-state index contributed by atoms with van der Waals surface area (Å²) >= 11 is 0. The number of carbonyl (C=O) groups excluding carboxylic acids is 4. The van der Waals surface area contributed by atoms with E-state index in [1.807, 2.05) is 32.0 Å². The largest absolute Gasteiger partial charge is 0.491 e. The van der Waals surface area contributed by atoms with Crippen molar-refractivity contribution in [2.75, 3.05) is 23.0 Å². The number of benzene rings is 4. The first-order valence-corrected chi connectivity index (χ1v) is 13.2. The van der Waals surface area contributed by atoms with Crippen LogP contribution >= 0.6 is 0 Å². The van der Waals surface area contributed by atoms with Gasteiger partial charge in [-0.15, -0.1) is 0 Å². The normalized spacial score (nSPS) is 17.6. The van der Waals surface area contributed by atoms with Crippen LogP contribution in [0.15, 0.2) is 66.7 Å². The predicted molar refractivity (Wildman–Crippen MR) is 148 cm³/mol. The van der Waals surface area contributed by atoms with E-state index in [4.69, 9.17) is 9.47 Å². The summed E-state index contributed by atoms with van der Waals surface area (Å²) in [6.07, 6.45) is 0.759. The van der Waals surface area contributed by atoms with Gasteiger partial charge in [0.1, 0.15) is 18.5 Å². The second-order valence-corrected chi connectivity index (χ2v) is 10.2. The Morgan fingerprint density at radius 1 is 0.750 bits per heavy atom. The van der Waals surface area contributed by atoms with Crippen molar-refractivity contribution in [1.29, 1.82) is 0 Å². The summed E-state index contributed by atoms with van der Waals surface area (Å²) in [6.45, 7) is 4.98. The van der Waals surface area contributed by atoms with Crippen molar-refractivity contribution < 1.29 is 28.7 Å². The highest BCUT2D eigenvalue weighted by Crippen LogP contribution is 2.41. The van der Waals surface area contributed by atoms with Crippen molar-refractivity contribution in [3.05, 3.63) is 100 Å². The molecule has 8 heteroatoms. The third kappa shape index (κ3) is 3.49. The van der Waals surface area contributed by atoms with Crippen LogP contribution in [0.3, 0.4) is 0 Å². The Balaban J connectivity index is 1.31. The lowest BCUT2D eigenvalue weighted by Crippen LogP contribution is -2.44. The number of rotatable bonds is 6. The zero-order chi connectivity index (χ0) is 27.7. The zero-order valence-electron chi connectivity index (χ0n) is 21.9. The Bertz CT molecular complexity index is 1720. The van der Waals surface area contributed by atoms with Gasteiger partial charge >= 0.3 is 0 Å². The van der Waals surface area contributed by atoms with E-state index in [-0.39, 0.29) is 28.4 Å². The number of carbonyl (C=O) groups is 4. The molecule has 3 heterocycles. The lowest BCUT2D eigenvalue weighted by atomic mass is 9.85.